The molecule has 54 heavy (non-hydrogen) atoms. The Bertz CT molecular complexity index is 2190. The normalized spacial score (nSPS) is 10.7. The molecule has 0 saturated heterocycles. The van der Waals surface area contributed by atoms with Gasteiger partial charge in [0.25, 0.3) is 0 Å². The largest absolute Gasteiger partial charge is 0.513 e. The summed E-state index contributed by atoms with van der Waals surface area (Å²) in [6.07, 6.45) is -1.55. The fourth-order valence-corrected chi connectivity index (χ4v) is 6.40. The highest BCUT2D eigenvalue weighted by molar-refractivity contribution is 5.84. The molecule has 0 amide bonds. The van der Waals surface area contributed by atoms with E-state index < -0.39 is 12.3 Å². The van der Waals surface area contributed by atoms with Crippen molar-refractivity contribution in [2.24, 2.45) is 0 Å². The first-order valence-corrected chi connectivity index (χ1v) is 17.6. The summed E-state index contributed by atoms with van der Waals surface area (Å²) in [4.78, 5) is 28.2. The van der Waals surface area contributed by atoms with E-state index in [1.165, 1.54) is 36.5 Å². The van der Waals surface area contributed by atoms with E-state index in [-0.39, 0.29) is 0 Å². The third-order valence-corrected chi connectivity index (χ3v) is 9.59. The van der Waals surface area contributed by atoms with Gasteiger partial charge in [0.15, 0.2) is 0 Å². The minimum atomic E-state index is -0.773. The fraction of sp³-hybridized carbons (Fsp3) is 0.174. The van der Waals surface area contributed by atoms with Crippen LogP contribution in [0.4, 0.5) is 43.7 Å². The first kappa shape index (κ1) is 37.2. The number of methoxy groups -OCH3 is 2. The molecule has 6 rings (SSSR count). The number of ether oxygens (including phenoxy) is 4. The van der Waals surface area contributed by atoms with Crippen LogP contribution in [0, 0.1) is 41.5 Å². The first-order valence-electron chi connectivity index (χ1n) is 17.6. The number of hydrogen-bond acceptors (Lipinski definition) is 8. The van der Waals surface area contributed by atoms with Gasteiger partial charge in [-0.15, -0.1) is 0 Å². The smallest absolute Gasteiger partial charge is 0.437 e. The van der Waals surface area contributed by atoms with Crippen molar-refractivity contribution in [2.75, 3.05) is 24.0 Å². The maximum absolute atomic E-state index is 11.9. The zero-order valence-corrected chi connectivity index (χ0v) is 31.9. The molecule has 0 bridgehead atoms. The van der Waals surface area contributed by atoms with E-state index in [2.05, 4.69) is 124 Å². The number of carbonyl (C=O) groups excluding carboxylic acids is 2. The van der Waals surface area contributed by atoms with Crippen molar-refractivity contribution in [3.8, 4) is 22.6 Å². The first-order chi connectivity index (χ1) is 25.9. The van der Waals surface area contributed by atoms with E-state index >= 15 is 0 Å². The standard InChI is InChI=1S/C46H44N2O6/c1-29-15-19-39(25-31(29)3)47(37-11-9-13-41(27-37)53-45(49)51-7)43-21-17-35(23-33(43)5)36-18-22-44(34(6)24-36)48(40-20-16-30(2)32(4)26-40)38-12-10-14-42(28-38)54-46(50)52-8/h9-28H,1-8H3. The highest BCUT2D eigenvalue weighted by Gasteiger charge is 2.20. The van der Waals surface area contributed by atoms with Crippen LogP contribution in [0.15, 0.2) is 121 Å². The lowest BCUT2D eigenvalue weighted by atomic mass is 9.98. The number of carbonyl (C=O) groups is 2. The Labute approximate surface area is 317 Å². The summed E-state index contributed by atoms with van der Waals surface area (Å²) in [5.74, 6) is 0.770. The van der Waals surface area contributed by atoms with Gasteiger partial charge in [-0.1, -0.05) is 36.4 Å². The van der Waals surface area contributed by atoms with E-state index in [9.17, 15) is 9.59 Å². The van der Waals surface area contributed by atoms with Gasteiger partial charge < -0.3 is 28.7 Å². The molecule has 0 aliphatic carbocycles. The number of hydrogen-bond donors (Lipinski definition) is 0. The molecule has 0 unspecified atom stereocenters. The van der Waals surface area contributed by atoms with Gasteiger partial charge in [0.05, 0.1) is 14.2 Å². The summed E-state index contributed by atoms with van der Waals surface area (Å²) in [6.45, 7) is 12.6. The fourth-order valence-electron chi connectivity index (χ4n) is 6.40. The van der Waals surface area contributed by atoms with Crippen molar-refractivity contribution >= 4 is 46.4 Å². The Kier molecular flexibility index (Phi) is 11.0. The lowest BCUT2D eigenvalue weighted by molar-refractivity contribution is 0.120. The predicted octanol–water partition coefficient (Wildman–Crippen LogP) is 12.4. The van der Waals surface area contributed by atoms with E-state index in [1.807, 2.05) is 36.4 Å². The third-order valence-electron chi connectivity index (χ3n) is 9.59. The zero-order chi connectivity index (χ0) is 38.5. The lowest BCUT2D eigenvalue weighted by Gasteiger charge is -2.29. The molecule has 0 radical (unpaired) electrons. The van der Waals surface area contributed by atoms with Gasteiger partial charge in [-0.25, -0.2) is 9.59 Å². The highest BCUT2D eigenvalue weighted by Crippen LogP contribution is 2.42. The van der Waals surface area contributed by atoms with Crippen molar-refractivity contribution in [2.45, 2.75) is 41.5 Å². The van der Waals surface area contributed by atoms with Crippen molar-refractivity contribution in [1.82, 2.24) is 0 Å². The molecule has 0 heterocycles. The molecule has 0 aliphatic heterocycles. The number of anilines is 6. The maximum Gasteiger partial charge on any atom is 0.513 e. The van der Waals surface area contributed by atoms with Gasteiger partial charge in [-0.05, 0) is 159 Å². The van der Waals surface area contributed by atoms with Crippen LogP contribution < -0.4 is 19.3 Å². The maximum atomic E-state index is 11.9. The van der Waals surface area contributed by atoms with Crippen LogP contribution in [-0.4, -0.2) is 26.5 Å². The Morgan fingerprint density at radius 3 is 1.15 bits per heavy atom. The molecule has 6 aromatic carbocycles. The average Bonchev–Trinajstić information content (AvgIpc) is 3.16. The second-order valence-corrected chi connectivity index (χ2v) is 13.3. The van der Waals surface area contributed by atoms with Crippen LogP contribution in [0.2, 0.25) is 0 Å². The number of nitrogens with zero attached hydrogens (tertiary/aromatic N) is 2. The minimum Gasteiger partial charge on any atom is -0.437 e. The van der Waals surface area contributed by atoms with Crippen LogP contribution in [0.3, 0.4) is 0 Å². The van der Waals surface area contributed by atoms with E-state index in [0.29, 0.717) is 11.5 Å². The summed E-state index contributed by atoms with van der Waals surface area (Å²) >= 11 is 0. The van der Waals surface area contributed by atoms with E-state index in [0.717, 1.165) is 56.4 Å². The number of aryl methyl sites for hydroxylation is 6. The van der Waals surface area contributed by atoms with Crippen LogP contribution in [0.25, 0.3) is 11.1 Å². The van der Waals surface area contributed by atoms with Gasteiger partial charge in [0, 0.05) is 46.3 Å². The van der Waals surface area contributed by atoms with Crippen LogP contribution in [0.5, 0.6) is 11.5 Å². The minimum absolute atomic E-state index is 0.385. The Hall–Kier alpha value is -6.54. The molecule has 0 atom stereocenters. The quantitative estimate of drug-likeness (QED) is 0.108. The molecule has 0 saturated carbocycles. The van der Waals surface area contributed by atoms with Crippen molar-refractivity contribution < 1.29 is 28.5 Å². The molecule has 8 heteroatoms. The van der Waals surface area contributed by atoms with Crippen molar-refractivity contribution in [3.63, 3.8) is 0 Å². The van der Waals surface area contributed by atoms with Crippen LogP contribution in [0.1, 0.15) is 33.4 Å². The molecular formula is C46H44N2O6. The Balaban J connectivity index is 1.40. The summed E-state index contributed by atoms with van der Waals surface area (Å²) in [5, 5.41) is 0. The van der Waals surface area contributed by atoms with E-state index in [1.54, 1.807) is 12.1 Å². The number of rotatable bonds is 9. The van der Waals surface area contributed by atoms with Gasteiger partial charge in [-0.2, -0.15) is 0 Å². The molecule has 0 spiro atoms. The zero-order valence-electron chi connectivity index (χ0n) is 31.9. The summed E-state index contributed by atoms with van der Waals surface area (Å²) in [7, 11) is 2.58. The molecule has 8 nitrogen and oxygen atoms in total. The van der Waals surface area contributed by atoms with Gasteiger partial charge in [0.2, 0.25) is 0 Å². The summed E-state index contributed by atoms with van der Waals surface area (Å²) in [6, 6.07) is 40.5. The average molecular weight is 721 g/mol. The predicted molar refractivity (Wildman–Crippen MR) is 216 cm³/mol. The van der Waals surface area contributed by atoms with E-state index in [4.69, 9.17) is 18.9 Å². The molecule has 0 aliphatic rings. The summed E-state index contributed by atoms with van der Waals surface area (Å²) in [5.41, 5.74) is 14.6. The second-order valence-electron chi connectivity index (χ2n) is 13.3. The van der Waals surface area contributed by atoms with Gasteiger partial charge >= 0.3 is 12.3 Å². The van der Waals surface area contributed by atoms with Gasteiger partial charge in [-0.3, -0.25) is 0 Å². The van der Waals surface area contributed by atoms with Gasteiger partial charge in [0.1, 0.15) is 11.5 Å². The SMILES string of the molecule is COC(=O)Oc1cccc(N(c2ccc(C)c(C)c2)c2ccc(-c3ccc(N(c4cccc(OC(=O)OC)c4)c4ccc(C)c(C)c4)c(C)c3)cc2C)c1. The summed E-state index contributed by atoms with van der Waals surface area (Å²) < 4.78 is 20.2. The molecular weight excluding hydrogens is 677 g/mol. The highest BCUT2D eigenvalue weighted by atomic mass is 16.7. The topological polar surface area (TPSA) is 77.5 Å². The Morgan fingerprint density at radius 1 is 0.407 bits per heavy atom. The van der Waals surface area contributed by atoms with Crippen molar-refractivity contribution in [3.05, 3.63) is 155 Å². The van der Waals surface area contributed by atoms with Crippen LogP contribution >= 0.6 is 0 Å². The molecule has 274 valence electrons. The molecule has 0 N–H and O–H groups in total. The monoisotopic (exact) mass is 720 g/mol. The third kappa shape index (κ3) is 8.08. The molecule has 0 aromatic heterocycles. The van der Waals surface area contributed by atoms with Crippen LogP contribution in [-0.2, 0) is 9.47 Å². The lowest BCUT2D eigenvalue weighted by Crippen LogP contribution is -2.13. The van der Waals surface area contributed by atoms with Crippen molar-refractivity contribution in [1.29, 1.82) is 0 Å². The molecule has 0 fully saturated rings. The molecule has 6 aromatic rings. The number of benzene rings is 6. The Morgan fingerprint density at radius 2 is 0.796 bits per heavy atom. The second kappa shape index (κ2) is 16.0.